The molecule has 0 aromatic heterocycles. The average Bonchev–Trinajstić information content (AvgIpc) is 2.05. The Morgan fingerprint density at radius 1 is 1.25 bits per heavy atom. The second-order valence-corrected chi connectivity index (χ2v) is 4.91. The Morgan fingerprint density at radius 3 is 2.17 bits per heavy atom. The van der Waals surface area contributed by atoms with Crippen LogP contribution in [0, 0.1) is 3.57 Å². The van der Waals surface area contributed by atoms with Crippen molar-refractivity contribution in [3.05, 3.63) is 33.4 Å². The molecule has 0 heterocycles. The number of aliphatic hydroxyl groups is 1. The highest BCUT2D eigenvalue weighted by atomic mass is 127. The molecule has 1 aromatic carbocycles. The summed E-state index contributed by atoms with van der Waals surface area (Å²) >= 11 is 2.00. The Kier molecular flexibility index (Phi) is 3.12. The van der Waals surface area contributed by atoms with E-state index in [0.717, 1.165) is 0 Å². The van der Waals surface area contributed by atoms with E-state index in [1.165, 1.54) is 9.13 Å². The third-order valence-corrected chi connectivity index (χ3v) is 2.81. The van der Waals surface area contributed by atoms with Gasteiger partial charge in [-0.1, -0.05) is 26.0 Å². The van der Waals surface area contributed by atoms with Gasteiger partial charge in [0.15, 0.2) is 3.57 Å². The van der Waals surface area contributed by atoms with Gasteiger partial charge in [-0.15, -0.1) is 0 Å². The zero-order chi connectivity index (χ0) is 9.19. The number of hydrogen-bond acceptors (Lipinski definition) is 1. The van der Waals surface area contributed by atoms with Crippen molar-refractivity contribution in [3.63, 3.8) is 0 Å². The molecule has 0 amide bonds. The largest absolute Gasteiger partial charge is 0.395 e. The molecule has 1 nitrogen and oxygen atoms in total. The molecule has 12 heavy (non-hydrogen) atoms. The molecule has 0 saturated heterocycles. The van der Waals surface area contributed by atoms with Crippen LogP contribution in [0.2, 0.25) is 0 Å². The summed E-state index contributed by atoms with van der Waals surface area (Å²) in [6.07, 6.45) is 0. The topological polar surface area (TPSA) is 20.2 Å². The van der Waals surface area contributed by atoms with Gasteiger partial charge in [-0.05, 0) is 17.7 Å². The summed E-state index contributed by atoms with van der Waals surface area (Å²) in [5, 5.41) is 9.12. The fourth-order valence-electron chi connectivity index (χ4n) is 0.997. The molecule has 1 aromatic rings. The van der Waals surface area contributed by atoms with Crippen molar-refractivity contribution < 1.29 is 27.7 Å². The van der Waals surface area contributed by atoms with Crippen LogP contribution in [-0.4, -0.2) is 11.7 Å². The summed E-state index contributed by atoms with van der Waals surface area (Å²) < 4.78 is 1.27. The van der Waals surface area contributed by atoms with E-state index in [4.69, 9.17) is 5.11 Å². The van der Waals surface area contributed by atoms with E-state index in [1.807, 2.05) is 36.4 Å². The number of aliphatic hydroxyl groups excluding tert-OH is 1. The van der Waals surface area contributed by atoms with Crippen molar-refractivity contribution in [1.82, 2.24) is 0 Å². The van der Waals surface area contributed by atoms with E-state index in [2.05, 4.69) is 24.3 Å². The van der Waals surface area contributed by atoms with Gasteiger partial charge in [0.2, 0.25) is 0 Å². The second kappa shape index (κ2) is 3.75. The summed E-state index contributed by atoms with van der Waals surface area (Å²) in [5.74, 6) is 0. The standard InChI is InChI=1S/C10H14IO/c1-10(2,7-12)8-3-5-9(11)6-4-8/h3-6,11-12H,7H2,1-2H3/q+1. The molecule has 0 aliphatic carbocycles. The van der Waals surface area contributed by atoms with Gasteiger partial charge in [0.1, 0.15) is 0 Å². The van der Waals surface area contributed by atoms with Crippen LogP contribution >= 0.6 is 0 Å². The highest BCUT2D eigenvalue weighted by Gasteiger charge is 2.18. The van der Waals surface area contributed by atoms with Crippen molar-refractivity contribution in [1.29, 1.82) is 0 Å². The van der Waals surface area contributed by atoms with Crippen LogP contribution in [0.4, 0.5) is 0 Å². The predicted molar refractivity (Wildman–Crippen MR) is 46.6 cm³/mol. The highest BCUT2D eigenvalue weighted by Crippen LogP contribution is 2.21. The van der Waals surface area contributed by atoms with Crippen molar-refractivity contribution in [2.24, 2.45) is 0 Å². The first-order valence-corrected chi connectivity index (χ1v) is 5.11. The summed E-state index contributed by atoms with van der Waals surface area (Å²) in [5.41, 5.74) is 1.08. The Labute approximate surface area is 86.9 Å². The van der Waals surface area contributed by atoms with Crippen LogP contribution in [0.1, 0.15) is 19.4 Å². The van der Waals surface area contributed by atoms with Gasteiger partial charge in [-0.3, -0.25) is 0 Å². The van der Waals surface area contributed by atoms with Crippen molar-refractivity contribution in [2.75, 3.05) is 6.61 Å². The van der Waals surface area contributed by atoms with Crippen LogP contribution in [0.25, 0.3) is 0 Å². The maximum absolute atomic E-state index is 9.12. The monoisotopic (exact) mass is 277 g/mol. The maximum atomic E-state index is 9.12. The van der Waals surface area contributed by atoms with Crippen LogP contribution in [0.15, 0.2) is 24.3 Å². The van der Waals surface area contributed by atoms with Gasteiger partial charge in [-0.2, -0.15) is 0 Å². The smallest absolute Gasteiger partial charge is 0.296 e. The third kappa shape index (κ3) is 2.20. The number of hydrogen-bond donors (Lipinski definition) is 1. The van der Waals surface area contributed by atoms with Crippen molar-refractivity contribution in [3.8, 4) is 0 Å². The van der Waals surface area contributed by atoms with E-state index in [9.17, 15) is 0 Å². The molecule has 0 bridgehead atoms. The lowest BCUT2D eigenvalue weighted by atomic mass is 9.86. The lowest BCUT2D eigenvalue weighted by molar-refractivity contribution is -0.328. The Balaban J connectivity index is 2.96. The average molecular weight is 277 g/mol. The number of rotatable bonds is 2. The van der Waals surface area contributed by atoms with Gasteiger partial charge < -0.3 is 5.11 Å². The molecule has 0 fully saturated rings. The fourth-order valence-corrected chi connectivity index (χ4v) is 1.39. The second-order valence-electron chi connectivity index (χ2n) is 3.57. The molecule has 0 atom stereocenters. The van der Waals surface area contributed by atoms with Gasteiger partial charge in [0.25, 0.3) is 22.6 Å². The van der Waals surface area contributed by atoms with E-state index in [1.54, 1.807) is 0 Å². The Hall–Kier alpha value is -0.0900. The Morgan fingerprint density at radius 2 is 1.75 bits per heavy atom. The van der Waals surface area contributed by atoms with Gasteiger partial charge in [-0.25, -0.2) is 0 Å². The molecule has 0 aliphatic heterocycles. The Bertz CT molecular complexity index is 251. The summed E-state index contributed by atoms with van der Waals surface area (Å²) in [6, 6.07) is 8.32. The zero-order valence-electron chi connectivity index (χ0n) is 7.37. The first-order valence-electron chi connectivity index (χ1n) is 3.95. The molecule has 0 saturated carbocycles. The minimum atomic E-state index is -0.116. The molecule has 1 rings (SSSR count). The van der Waals surface area contributed by atoms with E-state index in [0.29, 0.717) is 0 Å². The first kappa shape index (κ1) is 9.99. The molecule has 0 spiro atoms. The van der Waals surface area contributed by atoms with E-state index in [-0.39, 0.29) is 12.0 Å². The van der Waals surface area contributed by atoms with Crippen molar-refractivity contribution >= 4 is 0 Å². The number of benzene rings is 1. The van der Waals surface area contributed by atoms with Gasteiger partial charge in [0.05, 0.1) is 6.61 Å². The third-order valence-electron chi connectivity index (χ3n) is 2.03. The first-order chi connectivity index (χ1) is 5.56. The molecular weight excluding hydrogens is 263 g/mol. The lowest BCUT2D eigenvalue weighted by Gasteiger charge is -2.21. The molecule has 0 aliphatic rings. The molecule has 0 unspecified atom stereocenters. The lowest BCUT2D eigenvalue weighted by Crippen LogP contribution is -3.34. The van der Waals surface area contributed by atoms with Crippen LogP contribution < -0.4 is 22.6 Å². The SMILES string of the molecule is CC(C)(CO)c1ccc([IH+])cc1. The van der Waals surface area contributed by atoms with E-state index < -0.39 is 0 Å². The fraction of sp³-hybridized carbons (Fsp3) is 0.400. The van der Waals surface area contributed by atoms with Crippen LogP contribution in [0.5, 0.6) is 0 Å². The predicted octanol–water partition coefficient (Wildman–Crippen LogP) is -1.59. The van der Waals surface area contributed by atoms with Crippen LogP contribution in [-0.2, 0) is 5.41 Å². The summed E-state index contributed by atoms with van der Waals surface area (Å²) in [6.45, 7) is 4.27. The minimum absolute atomic E-state index is 0.116. The quantitative estimate of drug-likeness (QED) is 0.646. The van der Waals surface area contributed by atoms with Crippen molar-refractivity contribution in [2.45, 2.75) is 19.3 Å². The number of halogens is 1. The molecule has 2 heteroatoms. The minimum Gasteiger partial charge on any atom is -0.395 e. The van der Waals surface area contributed by atoms with Gasteiger partial charge >= 0.3 is 0 Å². The highest BCUT2D eigenvalue weighted by molar-refractivity contribution is 5.22. The summed E-state index contributed by atoms with van der Waals surface area (Å²) in [4.78, 5) is 0. The normalized spacial score (nSPS) is 11.7. The molecule has 1 N–H and O–H groups in total. The summed E-state index contributed by atoms with van der Waals surface area (Å²) in [7, 11) is 0. The van der Waals surface area contributed by atoms with Crippen LogP contribution in [0.3, 0.4) is 0 Å². The molecule has 0 radical (unpaired) electrons. The zero-order valence-corrected chi connectivity index (χ0v) is 9.70. The maximum Gasteiger partial charge on any atom is 0.296 e. The molecular formula is C10H14IO+. The molecule has 66 valence electrons. The van der Waals surface area contributed by atoms with E-state index >= 15 is 0 Å². The van der Waals surface area contributed by atoms with Gasteiger partial charge in [0, 0.05) is 5.41 Å².